The van der Waals surface area contributed by atoms with Gasteiger partial charge in [0.2, 0.25) is 0 Å². The molecular weight excluding hydrogens is 420 g/mol. The third-order valence-corrected chi connectivity index (χ3v) is 5.51. The normalized spacial score (nSPS) is 10.9. The number of benzene rings is 1. The van der Waals surface area contributed by atoms with Gasteiger partial charge in [-0.1, -0.05) is 17.4 Å². The number of nitrogens with zero attached hydrogens (tertiary/aromatic N) is 5. The van der Waals surface area contributed by atoms with Gasteiger partial charge in [-0.2, -0.15) is 10.2 Å². The van der Waals surface area contributed by atoms with Crippen molar-refractivity contribution >= 4 is 50.7 Å². The number of hydrogen-bond donors (Lipinski definition) is 3. The Labute approximate surface area is 181 Å². The minimum absolute atomic E-state index is 0.0381. The first-order valence-electron chi connectivity index (χ1n) is 9.25. The van der Waals surface area contributed by atoms with Crippen molar-refractivity contribution < 1.29 is 14.4 Å². The molecule has 0 spiro atoms. The molecule has 1 aromatic carbocycles. The van der Waals surface area contributed by atoms with Gasteiger partial charge in [0.1, 0.15) is 11.4 Å². The molecule has 160 valence electrons. The quantitative estimate of drug-likeness (QED) is 0.377. The number of rotatable bonds is 7. The van der Waals surface area contributed by atoms with Crippen LogP contribution in [0.1, 0.15) is 15.2 Å². The van der Waals surface area contributed by atoms with E-state index in [2.05, 4.69) is 30.9 Å². The van der Waals surface area contributed by atoms with Crippen LogP contribution in [0.15, 0.2) is 36.8 Å². The van der Waals surface area contributed by atoms with Crippen molar-refractivity contribution in [3.8, 4) is 0 Å². The number of aromatic nitrogens is 5. The predicted octanol–water partition coefficient (Wildman–Crippen LogP) is 2.54. The molecule has 0 bridgehead atoms. The first kappa shape index (κ1) is 20.5. The predicted molar refractivity (Wildman–Crippen MR) is 116 cm³/mol. The summed E-state index contributed by atoms with van der Waals surface area (Å²) in [5.41, 5.74) is 2.49. The van der Waals surface area contributed by atoms with E-state index in [9.17, 15) is 9.59 Å². The second-order valence-corrected chi connectivity index (χ2v) is 7.70. The Morgan fingerprint density at radius 3 is 2.94 bits per heavy atom. The average Bonchev–Trinajstić information content (AvgIpc) is 3.51. The lowest BCUT2D eigenvalue weighted by molar-refractivity contribution is -0.169. The molecule has 0 aliphatic rings. The molecule has 4 rings (SSSR count). The van der Waals surface area contributed by atoms with Crippen molar-refractivity contribution in [2.45, 2.75) is 13.5 Å². The number of likely N-dealkylation sites (N-methyl/N-ethyl adjacent to an activating group) is 1. The Kier molecular flexibility index (Phi) is 5.64. The highest BCUT2D eigenvalue weighted by atomic mass is 32.1. The minimum atomic E-state index is -0.263. The van der Waals surface area contributed by atoms with Crippen LogP contribution in [-0.4, -0.2) is 56.0 Å². The van der Waals surface area contributed by atoms with Crippen LogP contribution in [0.2, 0.25) is 0 Å². The van der Waals surface area contributed by atoms with Crippen molar-refractivity contribution in [1.82, 2.24) is 30.0 Å². The summed E-state index contributed by atoms with van der Waals surface area (Å²) in [6.45, 7) is 1.96. The maximum absolute atomic E-state index is 12.7. The van der Waals surface area contributed by atoms with E-state index in [4.69, 9.17) is 4.84 Å². The number of nitrogens with one attached hydrogen (secondary N) is 3. The van der Waals surface area contributed by atoms with E-state index >= 15 is 0 Å². The third-order valence-electron chi connectivity index (χ3n) is 4.60. The molecule has 4 aromatic rings. The van der Waals surface area contributed by atoms with Gasteiger partial charge in [0.15, 0.2) is 10.9 Å². The lowest BCUT2D eigenvalue weighted by Crippen LogP contribution is -2.29. The molecule has 0 aliphatic carbocycles. The summed E-state index contributed by atoms with van der Waals surface area (Å²) in [6, 6.07) is 5.55. The van der Waals surface area contributed by atoms with E-state index in [1.54, 1.807) is 18.5 Å². The maximum Gasteiger partial charge on any atom is 0.267 e. The van der Waals surface area contributed by atoms with Crippen molar-refractivity contribution in [3.05, 3.63) is 47.2 Å². The molecular formula is C19H20N8O3S. The van der Waals surface area contributed by atoms with Gasteiger partial charge >= 0.3 is 0 Å². The van der Waals surface area contributed by atoms with Gasteiger partial charge in [0, 0.05) is 24.7 Å². The second kappa shape index (κ2) is 8.53. The highest BCUT2D eigenvalue weighted by molar-refractivity contribution is 7.17. The third kappa shape index (κ3) is 4.39. The van der Waals surface area contributed by atoms with Crippen molar-refractivity contribution in [3.63, 3.8) is 0 Å². The molecule has 0 fully saturated rings. The van der Waals surface area contributed by atoms with E-state index in [0.717, 1.165) is 21.5 Å². The molecule has 2 amide bonds. The number of H-pyrrole nitrogens is 1. The van der Waals surface area contributed by atoms with Gasteiger partial charge < -0.3 is 10.6 Å². The summed E-state index contributed by atoms with van der Waals surface area (Å²) in [5, 5.41) is 19.7. The number of carbonyl (C=O) groups is 2. The van der Waals surface area contributed by atoms with E-state index in [1.807, 2.05) is 19.1 Å². The standard InChI is InChI=1S/C19H20N8O3S/c1-11-4-5-13-12(8-21-24-13)17(11)23-18(29)14-9-20-19(31-14)22-15-6-7-27(25-15)10-16(28)26(2)30-3/h4-9H,10H2,1-3H3,(H,21,24)(H,23,29)(H,20,22,25). The lowest BCUT2D eigenvalue weighted by Gasteiger charge is -2.13. The number of aryl methyl sites for hydroxylation is 1. The van der Waals surface area contributed by atoms with Gasteiger partial charge in [0.25, 0.3) is 11.8 Å². The fourth-order valence-electron chi connectivity index (χ4n) is 2.87. The van der Waals surface area contributed by atoms with Crippen LogP contribution in [0.25, 0.3) is 10.9 Å². The Balaban J connectivity index is 1.43. The number of carbonyl (C=O) groups excluding carboxylic acids is 2. The first-order chi connectivity index (χ1) is 14.9. The maximum atomic E-state index is 12.7. The molecule has 3 N–H and O–H groups in total. The number of anilines is 3. The molecule has 0 unspecified atom stereocenters. The Bertz CT molecular complexity index is 1240. The van der Waals surface area contributed by atoms with Crippen LogP contribution in [0.4, 0.5) is 16.6 Å². The molecule has 3 heterocycles. The van der Waals surface area contributed by atoms with Gasteiger partial charge in [-0.3, -0.25) is 24.2 Å². The Hall–Kier alpha value is -3.77. The minimum Gasteiger partial charge on any atom is -0.320 e. The number of aromatic amines is 1. The Morgan fingerprint density at radius 1 is 1.29 bits per heavy atom. The van der Waals surface area contributed by atoms with E-state index in [1.165, 1.54) is 36.4 Å². The lowest BCUT2D eigenvalue weighted by atomic mass is 10.1. The highest BCUT2D eigenvalue weighted by Crippen LogP contribution is 2.28. The van der Waals surface area contributed by atoms with Gasteiger partial charge in [-0.25, -0.2) is 10.0 Å². The Morgan fingerprint density at radius 2 is 2.13 bits per heavy atom. The molecule has 11 nitrogen and oxygen atoms in total. The number of hydrogen-bond acceptors (Lipinski definition) is 8. The summed E-state index contributed by atoms with van der Waals surface area (Å²) in [6.07, 6.45) is 4.85. The van der Waals surface area contributed by atoms with E-state index in [-0.39, 0.29) is 18.4 Å². The zero-order valence-electron chi connectivity index (χ0n) is 17.0. The van der Waals surface area contributed by atoms with Crippen molar-refractivity contribution in [2.24, 2.45) is 0 Å². The molecule has 0 atom stereocenters. The molecule has 0 aliphatic heterocycles. The van der Waals surface area contributed by atoms with Gasteiger partial charge in [0.05, 0.1) is 30.7 Å². The summed E-state index contributed by atoms with van der Waals surface area (Å²) < 4.78 is 1.48. The smallest absolute Gasteiger partial charge is 0.267 e. The number of thiazole rings is 1. The van der Waals surface area contributed by atoms with Crippen LogP contribution in [-0.2, 0) is 16.2 Å². The molecule has 0 radical (unpaired) electrons. The second-order valence-electron chi connectivity index (χ2n) is 6.67. The highest BCUT2D eigenvalue weighted by Gasteiger charge is 2.15. The summed E-state index contributed by atoms with van der Waals surface area (Å²) in [5.74, 6) is 0.00237. The SMILES string of the molecule is CON(C)C(=O)Cn1ccc(Nc2ncc(C(=O)Nc3c(C)ccc4[nH]ncc34)s2)n1. The van der Waals surface area contributed by atoms with Crippen LogP contribution >= 0.6 is 11.3 Å². The molecule has 31 heavy (non-hydrogen) atoms. The summed E-state index contributed by atoms with van der Waals surface area (Å²) >= 11 is 1.20. The van der Waals surface area contributed by atoms with Crippen LogP contribution in [0, 0.1) is 6.92 Å². The van der Waals surface area contributed by atoms with E-state index < -0.39 is 0 Å². The zero-order valence-corrected chi connectivity index (χ0v) is 17.9. The van der Waals surface area contributed by atoms with Crippen LogP contribution < -0.4 is 10.6 Å². The van der Waals surface area contributed by atoms with Crippen molar-refractivity contribution in [2.75, 3.05) is 24.8 Å². The monoisotopic (exact) mass is 440 g/mol. The van der Waals surface area contributed by atoms with Gasteiger partial charge in [-0.15, -0.1) is 0 Å². The number of fused-ring (bicyclic) bond motifs is 1. The molecule has 3 aromatic heterocycles. The fraction of sp³-hybridized carbons (Fsp3) is 0.211. The van der Waals surface area contributed by atoms with Crippen LogP contribution in [0.3, 0.4) is 0 Å². The first-order valence-corrected chi connectivity index (χ1v) is 10.1. The fourth-order valence-corrected chi connectivity index (χ4v) is 3.59. The molecule has 0 saturated heterocycles. The summed E-state index contributed by atoms with van der Waals surface area (Å²) in [4.78, 5) is 34.2. The van der Waals surface area contributed by atoms with Crippen LogP contribution in [0.5, 0.6) is 0 Å². The van der Waals surface area contributed by atoms with E-state index in [0.29, 0.717) is 21.5 Å². The number of amides is 2. The zero-order chi connectivity index (χ0) is 22.0. The molecule has 12 heteroatoms. The average molecular weight is 440 g/mol. The van der Waals surface area contributed by atoms with Crippen molar-refractivity contribution in [1.29, 1.82) is 0 Å². The largest absolute Gasteiger partial charge is 0.320 e. The van der Waals surface area contributed by atoms with Gasteiger partial charge in [-0.05, 0) is 18.6 Å². The summed E-state index contributed by atoms with van der Waals surface area (Å²) in [7, 11) is 2.95. The number of hydroxylamine groups is 2. The topological polar surface area (TPSA) is 130 Å². The molecule has 0 saturated carbocycles.